The molecule has 0 unspecified atom stereocenters. The van der Waals surface area contributed by atoms with Gasteiger partial charge in [-0.05, 0) is 0 Å². The Hall–Kier alpha value is 0.963. The van der Waals surface area contributed by atoms with Crippen molar-refractivity contribution >= 4 is 21.7 Å². The Kier molecular flexibility index (Phi) is 14100. The standard InChI is InChI=1S/Cl2.6H3N.Ru/c1-2;;;;;;;/h;6*1H3;. The van der Waals surface area contributed by atoms with E-state index in [-0.39, 0.29) is 56.4 Å². The smallest absolute Gasteiger partial charge is 0 e. The number of hydrogen-bond acceptors (Lipinski definition) is 6. The second kappa shape index (κ2) is 612. The van der Waals surface area contributed by atoms with Crippen LogP contribution in [-0.2, 0) is 19.5 Å². The third kappa shape index (κ3) is 468. The predicted molar refractivity (Wildman–Crippen MR) is 41.8 cm³/mol. The zero-order valence-corrected chi connectivity index (χ0v) is 8.60. The minimum absolute atomic E-state index is 0. The summed E-state index contributed by atoms with van der Waals surface area (Å²) in [6, 6.07) is 0. The largest absolute Gasteiger partial charge is 0.344 e. The second-order valence-electron chi connectivity index (χ2n) is 0. The Balaban J connectivity index is -0.000000000238. The Bertz CT molecular complexity index is 11.0. The minimum Gasteiger partial charge on any atom is -0.344 e. The maximum Gasteiger partial charge on any atom is 0 e. The van der Waals surface area contributed by atoms with Gasteiger partial charge in [0.15, 0.2) is 0 Å². The van der Waals surface area contributed by atoms with Crippen molar-refractivity contribution < 1.29 is 19.5 Å². The molecule has 0 saturated heterocycles. The summed E-state index contributed by atoms with van der Waals surface area (Å²) in [6.45, 7) is 0. The molecule has 0 saturated carbocycles. The van der Waals surface area contributed by atoms with Crippen molar-refractivity contribution in [3.63, 3.8) is 0 Å². The van der Waals surface area contributed by atoms with Crippen LogP contribution in [0.4, 0.5) is 0 Å². The molecular weight excluding hydrogens is 256 g/mol. The first-order chi connectivity index (χ1) is 1.00. The van der Waals surface area contributed by atoms with Crippen LogP contribution in [0.2, 0.25) is 0 Å². The van der Waals surface area contributed by atoms with Gasteiger partial charge in [0.25, 0.3) is 0 Å². The van der Waals surface area contributed by atoms with Gasteiger partial charge in [-0.1, -0.05) is 0 Å². The molecule has 0 atom stereocenters. The summed E-state index contributed by atoms with van der Waals surface area (Å²) in [4.78, 5) is 0. The fourth-order valence-corrected chi connectivity index (χ4v) is 0. The Morgan fingerprint density at radius 1 is 0.444 bits per heavy atom. The van der Waals surface area contributed by atoms with Crippen LogP contribution < -0.4 is 36.9 Å². The number of hydrogen-bond donors (Lipinski definition) is 6. The van der Waals surface area contributed by atoms with E-state index in [1.54, 1.807) is 0 Å². The molecule has 0 fully saturated rings. The van der Waals surface area contributed by atoms with Crippen molar-refractivity contribution in [3.8, 4) is 0 Å². The first kappa shape index (κ1) is 208. The van der Waals surface area contributed by atoms with E-state index in [1.807, 2.05) is 0 Å². The van der Waals surface area contributed by atoms with E-state index >= 15 is 0 Å². The number of halogens is 2. The van der Waals surface area contributed by atoms with Crippen molar-refractivity contribution in [2.24, 2.45) is 0 Å². The van der Waals surface area contributed by atoms with Crippen LogP contribution in [0.3, 0.4) is 0 Å². The zero-order valence-electron chi connectivity index (χ0n) is 5.35. The van der Waals surface area contributed by atoms with Gasteiger partial charge >= 0.3 is 0 Å². The van der Waals surface area contributed by atoms with E-state index in [9.17, 15) is 0 Å². The van der Waals surface area contributed by atoms with Gasteiger partial charge in [-0.15, -0.1) is 0 Å². The van der Waals surface area contributed by atoms with Gasteiger partial charge in [-0.2, -0.15) is 0 Å². The molecule has 0 bridgehead atoms. The summed E-state index contributed by atoms with van der Waals surface area (Å²) in [6.07, 6.45) is 0. The monoisotopic (exact) mass is 274 g/mol. The van der Waals surface area contributed by atoms with Crippen LogP contribution in [0, 0.1) is 0 Å². The molecule has 70 valence electrons. The fraction of sp³-hybridized carbons (Fsp3) is 0. The average molecular weight is 274 g/mol. The van der Waals surface area contributed by atoms with E-state index in [0.29, 0.717) is 0 Å². The molecule has 6 nitrogen and oxygen atoms in total. The molecule has 0 spiro atoms. The normalized spacial score (nSPS) is 0.667. The molecular formula is H18Cl2N6Ru. The quantitative estimate of drug-likeness (QED) is 0.364. The van der Waals surface area contributed by atoms with Crippen LogP contribution in [0.5, 0.6) is 0 Å². The molecule has 0 rings (SSSR count). The van der Waals surface area contributed by atoms with Gasteiger partial charge in [0.2, 0.25) is 0 Å². The van der Waals surface area contributed by atoms with E-state index in [2.05, 4.69) is 21.7 Å². The van der Waals surface area contributed by atoms with Crippen LogP contribution in [-0.4, -0.2) is 0 Å². The predicted octanol–water partition coefficient (Wildman–Crippen LogP) is 2.35. The SMILES string of the molecule is ClCl.N.N.N.N.N.N.[Ru]. The topological polar surface area (TPSA) is 210 Å². The first-order valence-electron chi connectivity index (χ1n) is 0.143. The van der Waals surface area contributed by atoms with Crippen molar-refractivity contribution in [2.45, 2.75) is 0 Å². The summed E-state index contributed by atoms with van der Waals surface area (Å²) in [5, 5.41) is 0. The van der Waals surface area contributed by atoms with Crippen molar-refractivity contribution in [1.82, 2.24) is 36.9 Å². The first-order valence-corrected chi connectivity index (χ1v) is 1.29. The van der Waals surface area contributed by atoms with Crippen LogP contribution in [0.15, 0.2) is 0 Å². The molecule has 9 heteroatoms. The van der Waals surface area contributed by atoms with Crippen molar-refractivity contribution in [2.75, 3.05) is 0 Å². The van der Waals surface area contributed by atoms with Gasteiger partial charge < -0.3 is 36.9 Å². The second-order valence-corrected chi connectivity index (χ2v) is 0. The van der Waals surface area contributed by atoms with Crippen LogP contribution in [0.1, 0.15) is 0 Å². The summed E-state index contributed by atoms with van der Waals surface area (Å²) >= 11 is 0. The van der Waals surface area contributed by atoms with Crippen LogP contribution in [0.25, 0.3) is 0 Å². The van der Waals surface area contributed by atoms with Crippen molar-refractivity contribution in [3.05, 3.63) is 0 Å². The summed E-state index contributed by atoms with van der Waals surface area (Å²) in [5.74, 6) is 0. The molecule has 0 aliphatic heterocycles. The van der Waals surface area contributed by atoms with Crippen LogP contribution >= 0.6 is 21.7 Å². The number of rotatable bonds is 0. The van der Waals surface area contributed by atoms with E-state index in [0.717, 1.165) is 0 Å². The average Bonchev–Trinajstić information content (AvgIpc) is 1.00. The maximum atomic E-state index is 4.11. The maximum absolute atomic E-state index is 4.11. The molecule has 0 aromatic heterocycles. The third-order valence-electron chi connectivity index (χ3n) is 0. The molecule has 0 aliphatic rings. The van der Waals surface area contributed by atoms with Gasteiger partial charge in [-0.25, -0.2) is 0 Å². The molecule has 0 radical (unpaired) electrons. The minimum atomic E-state index is 0. The van der Waals surface area contributed by atoms with Gasteiger partial charge in [0, 0.05) is 41.2 Å². The zero-order chi connectivity index (χ0) is 2.00. The molecule has 0 aliphatic carbocycles. The van der Waals surface area contributed by atoms with E-state index in [4.69, 9.17) is 0 Å². The molecule has 18 N–H and O–H groups in total. The Labute approximate surface area is 78.3 Å². The fourth-order valence-electron chi connectivity index (χ4n) is 0. The summed E-state index contributed by atoms with van der Waals surface area (Å²) < 4.78 is 0. The van der Waals surface area contributed by atoms with E-state index in [1.165, 1.54) is 0 Å². The molecule has 0 aromatic carbocycles. The molecule has 9 heavy (non-hydrogen) atoms. The molecule has 0 amide bonds. The van der Waals surface area contributed by atoms with Gasteiger partial charge in [0.1, 0.15) is 0 Å². The molecule has 0 aromatic rings. The Morgan fingerprint density at radius 3 is 0.444 bits per heavy atom. The van der Waals surface area contributed by atoms with Crippen molar-refractivity contribution in [1.29, 1.82) is 0 Å². The van der Waals surface area contributed by atoms with E-state index < -0.39 is 0 Å². The molecule has 0 heterocycles. The van der Waals surface area contributed by atoms with Gasteiger partial charge in [0.05, 0.1) is 0 Å². The Morgan fingerprint density at radius 2 is 0.444 bits per heavy atom. The third-order valence-corrected chi connectivity index (χ3v) is 0. The summed E-state index contributed by atoms with van der Waals surface area (Å²) in [7, 11) is 8.22. The van der Waals surface area contributed by atoms with Gasteiger partial charge in [-0.3, -0.25) is 0 Å². The summed E-state index contributed by atoms with van der Waals surface area (Å²) in [5.41, 5.74) is 0.